The fourth-order valence-electron chi connectivity index (χ4n) is 1.64. The van der Waals surface area contributed by atoms with Gasteiger partial charge in [-0.1, -0.05) is 50.5 Å². The first kappa shape index (κ1) is 15.4. The molecule has 0 aliphatic carbocycles. The molecule has 0 unspecified atom stereocenters. The molecular formula is C15H29N. The highest BCUT2D eigenvalue weighted by atomic mass is 14.5. The summed E-state index contributed by atoms with van der Waals surface area (Å²) >= 11 is 0. The van der Waals surface area contributed by atoms with Crippen LogP contribution in [0.3, 0.4) is 0 Å². The van der Waals surface area contributed by atoms with E-state index in [9.17, 15) is 0 Å². The van der Waals surface area contributed by atoms with Crippen LogP contribution in [0.15, 0.2) is 23.8 Å². The molecule has 0 saturated carbocycles. The summed E-state index contributed by atoms with van der Waals surface area (Å²) in [5.41, 5.74) is 6.95. The van der Waals surface area contributed by atoms with Crippen molar-refractivity contribution in [2.45, 2.75) is 59.3 Å². The Morgan fingerprint density at radius 3 is 2.38 bits per heavy atom. The summed E-state index contributed by atoms with van der Waals surface area (Å²) in [7, 11) is 0. The Kier molecular flexibility index (Phi) is 10.6. The highest BCUT2D eigenvalue weighted by Gasteiger charge is 1.94. The van der Waals surface area contributed by atoms with Gasteiger partial charge in [-0.3, -0.25) is 0 Å². The smallest absolute Gasteiger partial charge is 0.00773 e. The molecule has 2 N–H and O–H groups in total. The van der Waals surface area contributed by atoms with Gasteiger partial charge in [-0.2, -0.15) is 0 Å². The maximum absolute atomic E-state index is 5.47. The number of nitrogens with two attached hydrogens (primary N) is 1. The maximum atomic E-state index is 5.47. The van der Waals surface area contributed by atoms with Gasteiger partial charge < -0.3 is 5.73 Å². The second-order valence-corrected chi connectivity index (χ2v) is 4.85. The Morgan fingerprint density at radius 2 is 1.81 bits per heavy atom. The molecule has 0 aliphatic heterocycles. The lowest BCUT2D eigenvalue weighted by molar-refractivity contribution is 0.646. The van der Waals surface area contributed by atoms with Gasteiger partial charge in [-0.05, 0) is 45.1 Å². The monoisotopic (exact) mass is 223 g/mol. The lowest BCUT2D eigenvalue weighted by Gasteiger charge is -2.03. The molecule has 0 aromatic rings. The molecule has 0 radical (unpaired) electrons. The Balaban J connectivity index is 3.64. The van der Waals surface area contributed by atoms with Gasteiger partial charge in [0.25, 0.3) is 0 Å². The highest BCUT2D eigenvalue weighted by Crippen LogP contribution is 2.12. The second-order valence-electron chi connectivity index (χ2n) is 4.85. The largest absolute Gasteiger partial charge is 0.330 e. The summed E-state index contributed by atoms with van der Waals surface area (Å²) in [6.45, 7) is 7.48. The quantitative estimate of drug-likeness (QED) is 0.454. The topological polar surface area (TPSA) is 26.0 Å². The average Bonchev–Trinajstić information content (AvgIpc) is 2.26. The average molecular weight is 223 g/mol. The van der Waals surface area contributed by atoms with Gasteiger partial charge in [0.15, 0.2) is 0 Å². The molecule has 0 aromatic heterocycles. The van der Waals surface area contributed by atoms with Crippen LogP contribution in [-0.2, 0) is 0 Å². The first-order valence-electron chi connectivity index (χ1n) is 6.72. The van der Waals surface area contributed by atoms with Crippen LogP contribution >= 0.6 is 0 Å². The molecule has 0 rings (SSSR count). The summed E-state index contributed by atoms with van der Waals surface area (Å²) in [4.78, 5) is 0. The van der Waals surface area contributed by atoms with E-state index in [0.717, 1.165) is 12.5 Å². The number of allylic oxidation sites excluding steroid dienone is 4. The molecule has 94 valence electrons. The summed E-state index contributed by atoms with van der Waals surface area (Å²) in [6.07, 6.45) is 14.3. The lowest BCUT2D eigenvalue weighted by Crippen LogP contribution is -1.97. The molecule has 0 bridgehead atoms. The lowest BCUT2D eigenvalue weighted by atomic mass is 10.0. The molecule has 0 amide bonds. The molecule has 0 saturated heterocycles. The number of rotatable bonds is 9. The van der Waals surface area contributed by atoms with E-state index >= 15 is 0 Å². The summed E-state index contributed by atoms with van der Waals surface area (Å²) in [5.74, 6) is 0.763. The fraction of sp³-hybridized carbons (Fsp3) is 0.733. The van der Waals surface area contributed by atoms with Crippen LogP contribution in [0.2, 0.25) is 0 Å². The SMILES string of the molecule is C/C=C(\C=C/CC(C)C)CCCCCCN. The molecule has 0 aliphatic rings. The van der Waals surface area contributed by atoms with Crippen molar-refractivity contribution < 1.29 is 0 Å². The molecule has 16 heavy (non-hydrogen) atoms. The van der Waals surface area contributed by atoms with Crippen LogP contribution < -0.4 is 5.73 Å². The van der Waals surface area contributed by atoms with Gasteiger partial charge >= 0.3 is 0 Å². The van der Waals surface area contributed by atoms with E-state index in [-0.39, 0.29) is 0 Å². The van der Waals surface area contributed by atoms with Crippen LogP contribution in [-0.4, -0.2) is 6.54 Å². The summed E-state index contributed by atoms with van der Waals surface area (Å²) in [6, 6.07) is 0. The van der Waals surface area contributed by atoms with Gasteiger partial charge in [0.05, 0.1) is 0 Å². The van der Waals surface area contributed by atoms with Crippen molar-refractivity contribution in [3.05, 3.63) is 23.8 Å². The first-order chi connectivity index (χ1) is 7.70. The van der Waals surface area contributed by atoms with Crippen LogP contribution in [0, 0.1) is 5.92 Å². The van der Waals surface area contributed by atoms with E-state index in [1.54, 1.807) is 0 Å². The van der Waals surface area contributed by atoms with Crippen LogP contribution in [0.4, 0.5) is 0 Å². The van der Waals surface area contributed by atoms with Gasteiger partial charge in [0, 0.05) is 0 Å². The molecule has 0 fully saturated rings. The third-order valence-corrected chi connectivity index (χ3v) is 2.73. The Bertz CT molecular complexity index is 201. The van der Waals surface area contributed by atoms with Crippen LogP contribution in [0.25, 0.3) is 0 Å². The van der Waals surface area contributed by atoms with Gasteiger partial charge in [0.2, 0.25) is 0 Å². The van der Waals surface area contributed by atoms with Crippen molar-refractivity contribution in [2.75, 3.05) is 6.54 Å². The molecule has 0 atom stereocenters. The molecule has 0 aromatic carbocycles. The van der Waals surface area contributed by atoms with Crippen molar-refractivity contribution in [3.8, 4) is 0 Å². The summed E-state index contributed by atoms with van der Waals surface area (Å²) < 4.78 is 0. The second kappa shape index (κ2) is 10.9. The summed E-state index contributed by atoms with van der Waals surface area (Å²) in [5, 5.41) is 0. The number of hydrogen-bond acceptors (Lipinski definition) is 1. The van der Waals surface area contributed by atoms with Crippen molar-refractivity contribution in [1.82, 2.24) is 0 Å². The van der Waals surface area contributed by atoms with E-state index in [2.05, 4.69) is 39.0 Å². The molecular weight excluding hydrogens is 194 g/mol. The van der Waals surface area contributed by atoms with Crippen LogP contribution in [0.5, 0.6) is 0 Å². The minimum Gasteiger partial charge on any atom is -0.330 e. The molecule has 1 nitrogen and oxygen atoms in total. The van der Waals surface area contributed by atoms with Crippen molar-refractivity contribution in [3.63, 3.8) is 0 Å². The zero-order chi connectivity index (χ0) is 12.2. The van der Waals surface area contributed by atoms with E-state index in [1.807, 2.05) is 0 Å². The highest BCUT2D eigenvalue weighted by molar-refractivity contribution is 5.17. The Hall–Kier alpha value is -0.560. The van der Waals surface area contributed by atoms with Gasteiger partial charge in [-0.25, -0.2) is 0 Å². The van der Waals surface area contributed by atoms with Crippen molar-refractivity contribution >= 4 is 0 Å². The normalized spacial score (nSPS) is 12.9. The zero-order valence-electron chi connectivity index (χ0n) is 11.3. The third-order valence-electron chi connectivity index (χ3n) is 2.73. The van der Waals surface area contributed by atoms with Crippen molar-refractivity contribution in [1.29, 1.82) is 0 Å². The Labute approximate surface area is 102 Å². The van der Waals surface area contributed by atoms with Crippen LogP contribution in [0.1, 0.15) is 59.3 Å². The number of hydrogen-bond donors (Lipinski definition) is 1. The van der Waals surface area contributed by atoms with Crippen molar-refractivity contribution in [2.24, 2.45) is 11.7 Å². The fourth-order valence-corrected chi connectivity index (χ4v) is 1.64. The maximum Gasteiger partial charge on any atom is -0.00773 e. The van der Waals surface area contributed by atoms with E-state index in [1.165, 1.54) is 44.1 Å². The van der Waals surface area contributed by atoms with E-state index < -0.39 is 0 Å². The van der Waals surface area contributed by atoms with E-state index in [0.29, 0.717) is 0 Å². The first-order valence-corrected chi connectivity index (χ1v) is 6.72. The number of unbranched alkanes of at least 4 members (excludes halogenated alkanes) is 3. The van der Waals surface area contributed by atoms with Gasteiger partial charge in [0.1, 0.15) is 0 Å². The molecule has 0 spiro atoms. The third kappa shape index (κ3) is 9.97. The Morgan fingerprint density at radius 1 is 1.12 bits per heavy atom. The molecule has 0 heterocycles. The zero-order valence-corrected chi connectivity index (χ0v) is 11.3. The van der Waals surface area contributed by atoms with Gasteiger partial charge in [-0.15, -0.1) is 0 Å². The predicted octanol–water partition coefficient (Wildman–Crippen LogP) is 4.44. The minimum atomic E-state index is 0.763. The predicted molar refractivity (Wildman–Crippen MR) is 74.5 cm³/mol. The standard InChI is InChI=1S/C15H29N/c1-4-15(12-9-10-14(2)3)11-7-5-6-8-13-16/h4,9,12,14H,5-8,10-11,13,16H2,1-3H3/b12-9-,15-4-. The minimum absolute atomic E-state index is 0.763. The van der Waals surface area contributed by atoms with E-state index in [4.69, 9.17) is 5.73 Å². The molecule has 1 heteroatoms.